The standard InChI is InChI=1S/C38H51ClN2O6S/c1-24(2)34(42)20-38(46-5)17-6-8-25(3)26(4)48(44,45)40-36(43)28-11-15-35-33(19-28)41(21-29-10-13-32(29)38)22-37(23-47-35)16-7-9-27-18-30(39)12-14-31(27)37/h6,11-12,14-15,17-19,24-26,29,32,34,42H,7-10,13,16,20-23H2,1-5H3,(H,40,43)/b17-6+/t25-,26+,29-,32+,34+,37-,38-/m0/s1. The van der Waals surface area contributed by atoms with Crippen molar-refractivity contribution in [1.82, 2.24) is 4.72 Å². The lowest BCUT2D eigenvalue weighted by atomic mass is 9.62. The molecule has 2 aromatic rings. The van der Waals surface area contributed by atoms with Crippen molar-refractivity contribution in [2.75, 3.05) is 31.7 Å². The molecule has 7 atom stereocenters. The number of nitrogens with zero attached hydrogens (tertiary/aromatic N) is 1. The van der Waals surface area contributed by atoms with E-state index in [9.17, 15) is 18.3 Å². The van der Waals surface area contributed by atoms with Crippen LogP contribution < -0.4 is 14.4 Å². The molecule has 1 fully saturated rings. The Morgan fingerprint density at radius 1 is 1.17 bits per heavy atom. The van der Waals surface area contributed by atoms with Crippen LogP contribution >= 0.6 is 11.6 Å². The number of aliphatic hydroxyl groups is 1. The second-order valence-electron chi connectivity index (χ2n) is 15.2. The molecule has 0 radical (unpaired) electrons. The lowest BCUT2D eigenvalue weighted by Crippen LogP contribution is -2.54. The first-order valence-electron chi connectivity index (χ1n) is 17.5. The summed E-state index contributed by atoms with van der Waals surface area (Å²) in [4.78, 5) is 15.9. The Kier molecular flexibility index (Phi) is 9.99. The molecule has 2 heterocycles. The summed E-state index contributed by atoms with van der Waals surface area (Å²) in [7, 11) is -2.24. The largest absolute Gasteiger partial charge is 0.490 e. The first-order valence-corrected chi connectivity index (χ1v) is 19.5. The Hall–Kier alpha value is -2.59. The van der Waals surface area contributed by atoms with E-state index in [0.717, 1.165) is 42.8 Å². The van der Waals surface area contributed by atoms with E-state index in [1.54, 1.807) is 26.2 Å². The number of sulfonamides is 1. The van der Waals surface area contributed by atoms with Crippen molar-refractivity contribution in [3.05, 3.63) is 70.3 Å². The summed E-state index contributed by atoms with van der Waals surface area (Å²) in [6.45, 7) is 9.45. The Labute approximate surface area is 291 Å². The molecule has 0 aromatic heterocycles. The summed E-state index contributed by atoms with van der Waals surface area (Å²) < 4.78 is 42.3. The third-order valence-corrected chi connectivity index (χ3v) is 14.1. The van der Waals surface area contributed by atoms with Gasteiger partial charge < -0.3 is 19.5 Å². The van der Waals surface area contributed by atoms with E-state index >= 15 is 0 Å². The van der Waals surface area contributed by atoms with Gasteiger partial charge in [-0.25, -0.2) is 13.1 Å². The molecule has 2 aliphatic carbocycles. The van der Waals surface area contributed by atoms with E-state index < -0.39 is 32.9 Å². The third-order valence-electron chi connectivity index (χ3n) is 11.9. The molecule has 2 aromatic carbocycles. The van der Waals surface area contributed by atoms with Crippen LogP contribution in [0.3, 0.4) is 0 Å². The first-order chi connectivity index (χ1) is 22.8. The predicted molar refractivity (Wildman–Crippen MR) is 190 cm³/mol. The van der Waals surface area contributed by atoms with Crippen LogP contribution in [0.4, 0.5) is 5.69 Å². The zero-order valence-electron chi connectivity index (χ0n) is 28.9. The molecule has 1 spiro atoms. The van der Waals surface area contributed by atoms with E-state index in [1.807, 2.05) is 39.0 Å². The lowest BCUT2D eigenvalue weighted by molar-refractivity contribution is -0.103. The van der Waals surface area contributed by atoms with E-state index in [4.69, 9.17) is 21.1 Å². The highest BCUT2D eigenvalue weighted by Gasteiger charge is 2.50. The number of hydrogen-bond acceptors (Lipinski definition) is 7. The average molecular weight is 699 g/mol. The van der Waals surface area contributed by atoms with Gasteiger partial charge in [0, 0.05) is 42.6 Å². The molecule has 8 nitrogen and oxygen atoms in total. The summed E-state index contributed by atoms with van der Waals surface area (Å²) in [5, 5.41) is 11.1. The number of carbonyl (C=O) groups is 1. The van der Waals surface area contributed by atoms with E-state index in [-0.39, 0.29) is 34.7 Å². The van der Waals surface area contributed by atoms with Crippen LogP contribution in [0.1, 0.15) is 87.7 Å². The minimum atomic E-state index is -3.97. The molecule has 1 saturated carbocycles. The summed E-state index contributed by atoms with van der Waals surface area (Å²) in [6.07, 6.45) is 9.41. The fourth-order valence-electron chi connectivity index (χ4n) is 8.44. The monoisotopic (exact) mass is 698 g/mol. The molecular formula is C38H51ClN2O6S. The van der Waals surface area contributed by atoms with Crippen molar-refractivity contribution < 1.29 is 27.8 Å². The summed E-state index contributed by atoms with van der Waals surface area (Å²) in [6, 6.07) is 11.5. The molecule has 262 valence electrons. The zero-order valence-corrected chi connectivity index (χ0v) is 30.4. The zero-order chi connectivity index (χ0) is 34.4. The van der Waals surface area contributed by atoms with Gasteiger partial charge in [-0.05, 0) is 111 Å². The number of benzene rings is 2. The molecule has 1 amide bonds. The van der Waals surface area contributed by atoms with E-state index in [1.165, 1.54) is 11.1 Å². The van der Waals surface area contributed by atoms with Gasteiger partial charge in [-0.1, -0.05) is 50.6 Å². The second kappa shape index (κ2) is 13.6. The minimum Gasteiger partial charge on any atom is -0.490 e. The van der Waals surface area contributed by atoms with Crippen molar-refractivity contribution >= 4 is 33.2 Å². The van der Waals surface area contributed by atoms with Gasteiger partial charge in [0.1, 0.15) is 5.75 Å². The van der Waals surface area contributed by atoms with Crippen LogP contribution in [0.25, 0.3) is 0 Å². The number of hydrogen-bond donors (Lipinski definition) is 2. The van der Waals surface area contributed by atoms with Crippen LogP contribution in [0.5, 0.6) is 5.75 Å². The number of halogens is 1. The number of amides is 1. The normalized spacial score (nSPS) is 33.0. The summed E-state index contributed by atoms with van der Waals surface area (Å²) in [5.41, 5.74) is 2.57. The van der Waals surface area contributed by atoms with Gasteiger partial charge in [0.2, 0.25) is 10.0 Å². The SMILES string of the molecule is CO[C@]1(C[C@@H](O)C(C)C)/C=C/C[C@H](C)[C@@H](C)S(=O)(=O)NC(=O)c2ccc3c(c2)N(C[C@@H]2CC[C@H]21)C[C@@]1(CCCc2cc(Cl)ccc21)CO3. The molecule has 4 aliphatic rings. The number of nitrogens with one attached hydrogen (secondary N) is 1. The van der Waals surface area contributed by atoms with Gasteiger partial charge in [0.25, 0.3) is 5.91 Å². The number of aryl methyl sites for hydroxylation is 1. The van der Waals surface area contributed by atoms with Crippen molar-refractivity contribution in [3.8, 4) is 5.75 Å². The number of methoxy groups -OCH3 is 1. The lowest BCUT2D eigenvalue weighted by Gasteiger charge is -2.51. The van der Waals surface area contributed by atoms with Crippen LogP contribution in [0.15, 0.2) is 48.6 Å². The van der Waals surface area contributed by atoms with Crippen molar-refractivity contribution in [3.63, 3.8) is 0 Å². The number of anilines is 1. The summed E-state index contributed by atoms with van der Waals surface area (Å²) in [5.74, 6) is 0.237. The average Bonchev–Trinajstić information content (AvgIpc) is 3.18. The molecule has 10 heteroatoms. The second-order valence-corrected chi connectivity index (χ2v) is 17.7. The number of fused-ring (bicyclic) bond motifs is 4. The maximum atomic E-state index is 13.5. The molecule has 48 heavy (non-hydrogen) atoms. The van der Waals surface area contributed by atoms with Gasteiger partial charge in [-0.2, -0.15) is 0 Å². The van der Waals surface area contributed by atoms with Gasteiger partial charge in [-0.3, -0.25) is 4.79 Å². The Bertz CT molecular complexity index is 1660. The fraction of sp³-hybridized carbons (Fsp3) is 0.605. The van der Waals surface area contributed by atoms with Crippen LogP contribution in [-0.2, 0) is 26.6 Å². The van der Waals surface area contributed by atoms with Crippen molar-refractivity contribution in [2.45, 2.75) is 95.0 Å². The third kappa shape index (κ3) is 6.64. The highest BCUT2D eigenvalue weighted by Crippen LogP contribution is 2.50. The minimum absolute atomic E-state index is 0.0600. The topological polar surface area (TPSA) is 105 Å². The van der Waals surface area contributed by atoms with Crippen LogP contribution in [-0.4, -0.2) is 63.2 Å². The Morgan fingerprint density at radius 2 is 1.96 bits per heavy atom. The fourth-order valence-corrected chi connectivity index (χ4v) is 9.92. The first kappa shape index (κ1) is 35.2. The van der Waals surface area contributed by atoms with E-state index in [0.29, 0.717) is 38.3 Å². The van der Waals surface area contributed by atoms with Crippen molar-refractivity contribution in [1.29, 1.82) is 0 Å². The number of ether oxygens (including phenoxy) is 2. The highest BCUT2D eigenvalue weighted by atomic mass is 35.5. The van der Waals surface area contributed by atoms with Crippen LogP contribution in [0, 0.1) is 23.7 Å². The quantitative estimate of drug-likeness (QED) is 0.344. The molecule has 2 aliphatic heterocycles. The van der Waals surface area contributed by atoms with Gasteiger partial charge in [0.15, 0.2) is 0 Å². The smallest absolute Gasteiger partial charge is 0.264 e. The van der Waals surface area contributed by atoms with Gasteiger partial charge in [0.05, 0.1) is 29.2 Å². The number of carbonyl (C=O) groups excluding carboxylic acids is 1. The van der Waals surface area contributed by atoms with E-state index in [2.05, 4.69) is 27.8 Å². The molecule has 2 bridgehead atoms. The molecular weight excluding hydrogens is 648 g/mol. The molecule has 6 rings (SSSR count). The molecule has 0 saturated heterocycles. The number of rotatable bonds is 4. The van der Waals surface area contributed by atoms with Crippen molar-refractivity contribution in [2.24, 2.45) is 23.7 Å². The molecule has 0 unspecified atom stereocenters. The maximum absolute atomic E-state index is 13.5. The summed E-state index contributed by atoms with van der Waals surface area (Å²) >= 11 is 6.45. The van der Waals surface area contributed by atoms with Gasteiger partial charge >= 0.3 is 0 Å². The number of aliphatic hydroxyl groups excluding tert-OH is 1. The highest BCUT2D eigenvalue weighted by molar-refractivity contribution is 7.90. The molecule has 2 N–H and O–H groups in total. The Balaban J connectivity index is 1.46. The van der Waals surface area contributed by atoms with Gasteiger partial charge in [-0.15, -0.1) is 0 Å². The van der Waals surface area contributed by atoms with Crippen LogP contribution in [0.2, 0.25) is 5.02 Å². The predicted octanol–water partition coefficient (Wildman–Crippen LogP) is 6.68. The Morgan fingerprint density at radius 3 is 2.67 bits per heavy atom. The maximum Gasteiger partial charge on any atom is 0.264 e. The number of allylic oxidation sites excluding steroid dienone is 1.